The monoisotopic (exact) mass is 491 g/mol. The minimum Gasteiger partial charge on any atom is -0.306 e. The van der Waals surface area contributed by atoms with Gasteiger partial charge < -0.3 is 4.90 Å². The molecule has 2 aromatic carbocycles. The fourth-order valence-electron chi connectivity index (χ4n) is 4.76. The molecule has 5 rings (SSSR count). The van der Waals surface area contributed by atoms with Crippen LogP contribution in [0.4, 0.5) is 8.78 Å². The number of piperidine rings is 1. The number of halogens is 2. The fraction of sp³-hybridized carbons (Fsp3) is 0.286. The highest BCUT2D eigenvalue weighted by Crippen LogP contribution is 2.42. The molecule has 1 fully saturated rings. The van der Waals surface area contributed by atoms with Gasteiger partial charge in [-0.3, -0.25) is 9.36 Å². The van der Waals surface area contributed by atoms with Crippen molar-refractivity contribution >= 4 is 11.3 Å². The SMILES string of the molecule is Cc1cc(F)ccc1-c1sc(C2CCN(C)CC2)nc1-c1ccc(=O)n(-c2c(C)cccc2F)c1. The first-order valence-corrected chi connectivity index (χ1v) is 12.6. The molecular formula is C28H27F2N3OS. The Kier molecular flexibility index (Phi) is 6.38. The molecular weight excluding hydrogens is 464 g/mol. The summed E-state index contributed by atoms with van der Waals surface area (Å²) in [6.07, 6.45) is 3.72. The number of rotatable bonds is 4. The number of likely N-dealkylation sites (tertiary alicyclic amines) is 1. The second kappa shape index (κ2) is 9.47. The van der Waals surface area contributed by atoms with Gasteiger partial charge in [0.1, 0.15) is 11.6 Å². The first-order valence-electron chi connectivity index (χ1n) is 11.8. The van der Waals surface area contributed by atoms with Crippen LogP contribution in [0.3, 0.4) is 0 Å². The lowest BCUT2D eigenvalue weighted by molar-refractivity contribution is 0.255. The summed E-state index contributed by atoms with van der Waals surface area (Å²) in [4.78, 5) is 21.1. The zero-order valence-electron chi connectivity index (χ0n) is 20.0. The van der Waals surface area contributed by atoms with E-state index in [1.54, 1.807) is 48.7 Å². The summed E-state index contributed by atoms with van der Waals surface area (Å²) in [5.74, 6) is -0.384. The molecule has 0 amide bonds. The molecule has 4 nitrogen and oxygen atoms in total. The average molecular weight is 492 g/mol. The topological polar surface area (TPSA) is 38.1 Å². The Hall–Kier alpha value is -3.16. The molecule has 4 aromatic rings. The van der Waals surface area contributed by atoms with Crippen LogP contribution in [0.15, 0.2) is 59.5 Å². The van der Waals surface area contributed by atoms with E-state index in [2.05, 4.69) is 11.9 Å². The maximum Gasteiger partial charge on any atom is 0.255 e. The predicted octanol–water partition coefficient (Wildman–Crippen LogP) is 6.33. The predicted molar refractivity (Wildman–Crippen MR) is 137 cm³/mol. The van der Waals surface area contributed by atoms with Gasteiger partial charge in [0, 0.05) is 23.7 Å². The van der Waals surface area contributed by atoms with Crippen LogP contribution >= 0.6 is 11.3 Å². The third-order valence-corrected chi connectivity index (χ3v) is 8.01. The van der Waals surface area contributed by atoms with Gasteiger partial charge in [-0.2, -0.15) is 0 Å². The van der Waals surface area contributed by atoms with Crippen LogP contribution in [-0.4, -0.2) is 34.6 Å². The van der Waals surface area contributed by atoms with Crippen molar-refractivity contribution in [1.82, 2.24) is 14.5 Å². The zero-order valence-corrected chi connectivity index (χ0v) is 20.8. The number of para-hydroxylation sites is 1. The highest BCUT2D eigenvalue weighted by Gasteiger charge is 2.25. The van der Waals surface area contributed by atoms with Gasteiger partial charge in [-0.1, -0.05) is 18.2 Å². The molecule has 0 unspecified atom stereocenters. The number of hydrogen-bond donors (Lipinski definition) is 0. The molecule has 1 aliphatic heterocycles. The van der Waals surface area contributed by atoms with Crippen molar-refractivity contribution in [1.29, 1.82) is 0 Å². The molecule has 0 saturated carbocycles. The van der Waals surface area contributed by atoms with Crippen molar-refractivity contribution in [3.63, 3.8) is 0 Å². The molecule has 0 aliphatic carbocycles. The Morgan fingerprint density at radius 2 is 1.77 bits per heavy atom. The lowest BCUT2D eigenvalue weighted by Crippen LogP contribution is -2.29. The third-order valence-electron chi connectivity index (χ3n) is 6.76. The van der Waals surface area contributed by atoms with E-state index >= 15 is 0 Å². The van der Waals surface area contributed by atoms with Crippen molar-refractivity contribution in [2.45, 2.75) is 32.6 Å². The Labute approximate surface area is 207 Å². The minimum absolute atomic E-state index is 0.240. The van der Waals surface area contributed by atoms with E-state index in [1.165, 1.54) is 28.8 Å². The summed E-state index contributed by atoms with van der Waals surface area (Å²) < 4.78 is 30.0. The van der Waals surface area contributed by atoms with Crippen LogP contribution < -0.4 is 5.56 Å². The highest BCUT2D eigenvalue weighted by atomic mass is 32.1. The van der Waals surface area contributed by atoms with Gasteiger partial charge >= 0.3 is 0 Å². The van der Waals surface area contributed by atoms with Crippen LogP contribution in [0, 0.1) is 25.5 Å². The molecule has 0 N–H and O–H groups in total. The smallest absolute Gasteiger partial charge is 0.255 e. The quantitative estimate of drug-likeness (QED) is 0.335. The van der Waals surface area contributed by atoms with E-state index < -0.39 is 5.82 Å². The number of nitrogens with zero attached hydrogens (tertiary/aromatic N) is 3. The minimum atomic E-state index is -0.454. The van der Waals surface area contributed by atoms with Crippen LogP contribution in [0.5, 0.6) is 0 Å². The fourth-order valence-corrected chi connectivity index (χ4v) is 6.10. The molecule has 7 heteroatoms. The van der Waals surface area contributed by atoms with Crippen molar-refractivity contribution in [2.75, 3.05) is 20.1 Å². The van der Waals surface area contributed by atoms with Crippen LogP contribution in [0.1, 0.15) is 34.9 Å². The molecule has 180 valence electrons. The van der Waals surface area contributed by atoms with E-state index in [1.807, 2.05) is 6.92 Å². The first-order chi connectivity index (χ1) is 16.8. The largest absolute Gasteiger partial charge is 0.306 e. The molecule has 0 spiro atoms. The maximum absolute atomic E-state index is 14.8. The third kappa shape index (κ3) is 4.58. The Bertz CT molecular complexity index is 1430. The van der Waals surface area contributed by atoms with E-state index in [9.17, 15) is 13.6 Å². The number of aromatic nitrogens is 2. The van der Waals surface area contributed by atoms with Gasteiger partial charge in [-0.15, -0.1) is 11.3 Å². The van der Waals surface area contributed by atoms with Gasteiger partial charge in [0.15, 0.2) is 0 Å². The number of hydrogen-bond acceptors (Lipinski definition) is 4. The number of benzene rings is 2. The summed E-state index contributed by atoms with van der Waals surface area (Å²) in [6.45, 7) is 5.70. The van der Waals surface area contributed by atoms with Crippen LogP contribution in [0.25, 0.3) is 27.4 Å². The van der Waals surface area contributed by atoms with Gasteiger partial charge in [0.25, 0.3) is 5.56 Å². The van der Waals surface area contributed by atoms with E-state index in [0.29, 0.717) is 11.5 Å². The lowest BCUT2D eigenvalue weighted by Gasteiger charge is -2.27. The van der Waals surface area contributed by atoms with Crippen molar-refractivity contribution < 1.29 is 8.78 Å². The summed E-state index contributed by atoms with van der Waals surface area (Å²) in [7, 11) is 2.13. The summed E-state index contributed by atoms with van der Waals surface area (Å²) in [6, 6.07) is 12.7. The zero-order chi connectivity index (χ0) is 24.7. The van der Waals surface area contributed by atoms with Gasteiger partial charge in [0.05, 0.1) is 21.3 Å². The molecule has 1 aliphatic rings. The number of aryl methyl sites for hydroxylation is 2. The molecule has 0 radical (unpaired) electrons. The average Bonchev–Trinajstić information content (AvgIpc) is 3.25. The highest BCUT2D eigenvalue weighted by molar-refractivity contribution is 7.15. The van der Waals surface area contributed by atoms with E-state index in [0.717, 1.165) is 58.2 Å². The molecule has 35 heavy (non-hydrogen) atoms. The lowest BCUT2D eigenvalue weighted by atomic mass is 9.98. The Balaban J connectivity index is 1.68. The first kappa shape index (κ1) is 23.6. The summed E-state index contributed by atoms with van der Waals surface area (Å²) in [5.41, 5.74) is 3.80. The molecule has 2 aromatic heterocycles. The second-order valence-electron chi connectivity index (χ2n) is 9.30. The molecule has 0 bridgehead atoms. The summed E-state index contributed by atoms with van der Waals surface area (Å²) >= 11 is 1.63. The Morgan fingerprint density at radius 1 is 1.00 bits per heavy atom. The number of thiazole rings is 1. The normalized spacial score (nSPS) is 15.0. The standard InChI is InChI=1S/C28H27F2N3OS/c1-17-5-4-6-23(30)26(17)33-16-20(7-10-24(33)34)25-27(22-9-8-21(29)15-18(22)2)35-28(31-25)19-11-13-32(3)14-12-19/h4-10,15-16,19H,11-14H2,1-3H3. The van der Waals surface area contributed by atoms with Crippen LogP contribution in [-0.2, 0) is 0 Å². The van der Waals surface area contributed by atoms with E-state index in [-0.39, 0.29) is 17.1 Å². The van der Waals surface area contributed by atoms with Crippen molar-refractivity contribution in [2.24, 2.45) is 0 Å². The molecule has 3 heterocycles. The van der Waals surface area contributed by atoms with Gasteiger partial charge in [0.2, 0.25) is 0 Å². The second-order valence-corrected chi connectivity index (χ2v) is 10.3. The summed E-state index contributed by atoms with van der Waals surface area (Å²) in [5, 5.41) is 1.05. The van der Waals surface area contributed by atoms with Crippen LogP contribution in [0.2, 0.25) is 0 Å². The van der Waals surface area contributed by atoms with Gasteiger partial charge in [-0.05, 0) is 87.8 Å². The molecule has 0 atom stereocenters. The van der Waals surface area contributed by atoms with Gasteiger partial charge in [-0.25, -0.2) is 13.8 Å². The maximum atomic E-state index is 14.8. The Morgan fingerprint density at radius 3 is 2.49 bits per heavy atom. The molecule has 1 saturated heterocycles. The van der Waals surface area contributed by atoms with E-state index in [4.69, 9.17) is 4.98 Å². The van der Waals surface area contributed by atoms with Crippen molar-refractivity contribution in [3.05, 3.63) is 92.9 Å². The van der Waals surface area contributed by atoms with Crippen molar-refractivity contribution in [3.8, 4) is 27.4 Å². The number of pyridine rings is 1.